The zero-order chi connectivity index (χ0) is 20.3. The van der Waals surface area contributed by atoms with E-state index in [9.17, 15) is 18.0 Å². The van der Waals surface area contributed by atoms with E-state index in [2.05, 4.69) is 10.1 Å². The van der Waals surface area contributed by atoms with Crippen LogP contribution in [0.25, 0.3) is 6.08 Å². The molecule has 0 spiro atoms. The second kappa shape index (κ2) is 11.5. The molecule has 0 aliphatic heterocycles. The minimum atomic E-state index is -4.38. The largest absolute Gasteiger partial charge is 0.490 e. The van der Waals surface area contributed by atoms with Gasteiger partial charge >= 0.3 is 6.18 Å². The van der Waals surface area contributed by atoms with E-state index >= 15 is 0 Å². The van der Waals surface area contributed by atoms with Gasteiger partial charge < -0.3 is 19.5 Å². The van der Waals surface area contributed by atoms with Gasteiger partial charge in [0.05, 0.1) is 19.8 Å². The topological polar surface area (TPSA) is 56.8 Å². The van der Waals surface area contributed by atoms with Gasteiger partial charge in [-0.05, 0) is 44.0 Å². The van der Waals surface area contributed by atoms with Crippen molar-refractivity contribution in [3.63, 3.8) is 0 Å². The molecule has 0 aliphatic carbocycles. The van der Waals surface area contributed by atoms with E-state index < -0.39 is 24.7 Å². The first-order valence-electron chi connectivity index (χ1n) is 8.77. The lowest BCUT2D eigenvalue weighted by atomic mass is 10.2. The number of nitrogens with one attached hydrogen (secondary N) is 1. The smallest absolute Gasteiger partial charge is 0.411 e. The van der Waals surface area contributed by atoms with Crippen LogP contribution in [0.4, 0.5) is 13.2 Å². The predicted molar refractivity (Wildman–Crippen MR) is 96.9 cm³/mol. The van der Waals surface area contributed by atoms with E-state index in [1.807, 2.05) is 13.8 Å². The second-order valence-corrected chi connectivity index (χ2v) is 5.86. The molecule has 0 aromatic heterocycles. The molecule has 0 saturated heterocycles. The monoisotopic (exact) mass is 389 g/mol. The Morgan fingerprint density at radius 1 is 1.22 bits per heavy atom. The molecule has 1 aromatic carbocycles. The van der Waals surface area contributed by atoms with Crippen molar-refractivity contribution >= 4 is 12.0 Å². The predicted octanol–water partition coefficient (Wildman–Crippen LogP) is 3.97. The fraction of sp³-hybridized carbons (Fsp3) is 0.526. The molecule has 1 unspecified atom stereocenters. The van der Waals surface area contributed by atoms with Gasteiger partial charge in [0, 0.05) is 12.1 Å². The number of carbonyl (C=O) groups is 1. The number of ether oxygens (including phenoxy) is 3. The zero-order valence-electron chi connectivity index (χ0n) is 15.8. The van der Waals surface area contributed by atoms with Gasteiger partial charge in [0.15, 0.2) is 11.5 Å². The average Bonchev–Trinajstić information content (AvgIpc) is 2.58. The quantitative estimate of drug-likeness (QED) is 0.582. The Morgan fingerprint density at radius 3 is 2.59 bits per heavy atom. The van der Waals surface area contributed by atoms with Crippen LogP contribution in [0, 0.1) is 0 Å². The summed E-state index contributed by atoms with van der Waals surface area (Å²) in [5, 5.41) is 2.54. The maximum atomic E-state index is 12.0. The van der Waals surface area contributed by atoms with Gasteiger partial charge in [0.1, 0.15) is 6.61 Å². The summed E-state index contributed by atoms with van der Waals surface area (Å²) in [4.78, 5) is 11.9. The van der Waals surface area contributed by atoms with Gasteiger partial charge in [-0.3, -0.25) is 4.79 Å². The molecule has 0 fully saturated rings. The van der Waals surface area contributed by atoms with Gasteiger partial charge in [-0.1, -0.05) is 13.0 Å². The summed E-state index contributed by atoms with van der Waals surface area (Å²) in [6, 6.07) is 4.76. The summed E-state index contributed by atoms with van der Waals surface area (Å²) in [5.74, 6) is 0.792. The van der Waals surface area contributed by atoms with E-state index in [0.29, 0.717) is 24.7 Å². The van der Waals surface area contributed by atoms with Crippen LogP contribution in [0.1, 0.15) is 32.8 Å². The molecule has 0 bridgehead atoms. The molecule has 5 nitrogen and oxygen atoms in total. The molecule has 0 heterocycles. The van der Waals surface area contributed by atoms with Crippen LogP contribution in [-0.4, -0.2) is 44.6 Å². The van der Waals surface area contributed by atoms with Crippen LogP contribution < -0.4 is 14.8 Å². The minimum absolute atomic E-state index is 0.225. The highest BCUT2D eigenvalue weighted by molar-refractivity contribution is 5.92. The van der Waals surface area contributed by atoms with Crippen LogP contribution >= 0.6 is 0 Å². The van der Waals surface area contributed by atoms with E-state index in [4.69, 9.17) is 9.47 Å². The van der Waals surface area contributed by atoms with Crippen LogP contribution in [-0.2, 0) is 9.53 Å². The molecule has 27 heavy (non-hydrogen) atoms. The number of amides is 1. The minimum Gasteiger partial charge on any atom is -0.490 e. The van der Waals surface area contributed by atoms with Crippen molar-refractivity contribution in [3.8, 4) is 11.5 Å². The summed E-state index contributed by atoms with van der Waals surface area (Å²) in [6.07, 6.45) is -0.615. The van der Waals surface area contributed by atoms with Crippen LogP contribution in [0.2, 0.25) is 0 Å². The zero-order valence-corrected chi connectivity index (χ0v) is 15.8. The van der Waals surface area contributed by atoms with Crippen molar-refractivity contribution in [2.75, 3.05) is 26.4 Å². The van der Waals surface area contributed by atoms with Crippen LogP contribution in [0.15, 0.2) is 24.3 Å². The number of benzene rings is 1. The van der Waals surface area contributed by atoms with E-state index in [1.165, 1.54) is 6.08 Å². The highest BCUT2D eigenvalue weighted by atomic mass is 19.4. The SMILES string of the molecule is CCCOc1ccc(/C=C/C(=O)NC(C)COCC(F)(F)F)cc1OCC. The van der Waals surface area contributed by atoms with Crippen LogP contribution in [0.5, 0.6) is 11.5 Å². The van der Waals surface area contributed by atoms with Gasteiger partial charge in [-0.25, -0.2) is 0 Å². The Bertz CT molecular complexity index is 617. The highest BCUT2D eigenvalue weighted by Crippen LogP contribution is 2.29. The molecule has 1 N–H and O–H groups in total. The van der Waals surface area contributed by atoms with E-state index in [1.54, 1.807) is 31.2 Å². The maximum Gasteiger partial charge on any atom is 0.411 e. The molecule has 0 saturated carbocycles. The molecular weight excluding hydrogens is 363 g/mol. The lowest BCUT2D eigenvalue weighted by molar-refractivity contribution is -0.175. The summed E-state index contributed by atoms with van der Waals surface area (Å²) in [6.45, 7) is 4.92. The standard InChI is InChI=1S/C19H26F3NO4/c1-4-10-27-16-8-6-15(11-17(16)26-5-2)7-9-18(24)23-14(3)12-25-13-19(20,21)22/h6-9,11,14H,4-5,10,12-13H2,1-3H3,(H,23,24)/b9-7+. The van der Waals surface area contributed by atoms with Crippen LogP contribution in [0.3, 0.4) is 0 Å². The van der Waals surface area contributed by atoms with Gasteiger partial charge in [0.2, 0.25) is 5.91 Å². The molecule has 152 valence electrons. The maximum absolute atomic E-state index is 12.0. The Hall–Kier alpha value is -2.22. The molecule has 8 heteroatoms. The lowest BCUT2D eigenvalue weighted by Gasteiger charge is -2.14. The molecular formula is C19H26F3NO4. The number of alkyl halides is 3. The van der Waals surface area contributed by atoms with Crippen molar-refractivity contribution in [1.82, 2.24) is 5.32 Å². The van der Waals surface area contributed by atoms with Crippen molar-refractivity contribution in [3.05, 3.63) is 29.8 Å². The molecule has 0 aliphatic rings. The van der Waals surface area contributed by atoms with E-state index in [-0.39, 0.29) is 6.61 Å². The van der Waals surface area contributed by atoms with Crippen molar-refractivity contribution in [2.24, 2.45) is 0 Å². The molecule has 1 amide bonds. The number of halogens is 3. The number of hydrogen-bond acceptors (Lipinski definition) is 4. The highest BCUT2D eigenvalue weighted by Gasteiger charge is 2.27. The van der Waals surface area contributed by atoms with Gasteiger partial charge in [-0.15, -0.1) is 0 Å². The number of rotatable bonds is 11. The Morgan fingerprint density at radius 2 is 1.96 bits per heavy atom. The summed E-state index contributed by atoms with van der Waals surface area (Å²) in [5.41, 5.74) is 0.735. The molecule has 1 atom stereocenters. The Kier molecular flexibility index (Phi) is 9.71. The summed E-state index contributed by atoms with van der Waals surface area (Å²) < 4.78 is 51.7. The average molecular weight is 389 g/mol. The lowest BCUT2D eigenvalue weighted by Crippen LogP contribution is -2.35. The first-order valence-corrected chi connectivity index (χ1v) is 8.77. The second-order valence-electron chi connectivity index (χ2n) is 5.86. The third kappa shape index (κ3) is 9.89. The normalized spacial score (nSPS) is 12.8. The molecule has 1 aromatic rings. The fourth-order valence-corrected chi connectivity index (χ4v) is 2.08. The molecule has 1 rings (SSSR count). The Labute approximate surface area is 157 Å². The third-order valence-electron chi connectivity index (χ3n) is 3.18. The fourth-order valence-electron chi connectivity index (χ4n) is 2.08. The Balaban J connectivity index is 2.59. The first-order chi connectivity index (χ1) is 12.7. The molecule has 0 radical (unpaired) electrons. The summed E-state index contributed by atoms with van der Waals surface area (Å²) >= 11 is 0. The number of carbonyl (C=O) groups excluding carboxylic acids is 1. The van der Waals surface area contributed by atoms with E-state index in [0.717, 1.165) is 12.0 Å². The van der Waals surface area contributed by atoms with Gasteiger partial charge in [0.25, 0.3) is 0 Å². The summed E-state index contributed by atoms with van der Waals surface area (Å²) in [7, 11) is 0. The van der Waals surface area contributed by atoms with Crippen molar-refractivity contribution < 1.29 is 32.2 Å². The van der Waals surface area contributed by atoms with Crippen molar-refractivity contribution in [1.29, 1.82) is 0 Å². The first kappa shape index (κ1) is 22.8. The number of hydrogen-bond donors (Lipinski definition) is 1. The van der Waals surface area contributed by atoms with Crippen molar-refractivity contribution in [2.45, 2.75) is 39.4 Å². The third-order valence-corrected chi connectivity index (χ3v) is 3.18. The van der Waals surface area contributed by atoms with Gasteiger partial charge in [-0.2, -0.15) is 13.2 Å².